The first-order valence-electron chi connectivity index (χ1n) is 7.06. The zero-order chi connectivity index (χ0) is 15.4. The number of piperidine rings is 1. The number of carbonyl (C=O) groups is 2. The minimum absolute atomic E-state index is 0.105. The minimum atomic E-state index is -1.05. The zero-order valence-electron chi connectivity index (χ0n) is 12.3. The van der Waals surface area contributed by atoms with Crippen LogP contribution in [0.3, 0.4) is 0 Å². The van der Waals surface area contributed by atoms with Crippen molar-refractivity contribution in [3.63, 3.8) is 0 Å². The lowest BCUT2D eigenvalue weighted by atomic mass is 10.1. The van der Waals surface area contributed by atoms with Crippen molar-refractivity contribution in [2.75, 3.05) is 25.5 Å². The highest BCUT2D eigenvalue weighted by molar-refractivity contribution is 6.01. The fourth-order valence-electron chi connectivity index (χ4n) is 2.50. The van der Waals surface area contributed by atoms with Gasteiger partial charge in [0.1, 0.15) is 0 Å². The van der Waals surface area contributed by atoms with Gasteiger partial charge in [-0.05, 0) is 51.5 Å². The van der Waals surface area contributed by atoms with Gasteiger partial charge in [0.15, 0.2) is 0 Å². The molecule has 21 heavy (non-hydrogen) atoms. The fraction of sp³-hybridized carbons (Fsp3) is 0.467. The molecule has 0 radical (unpaired) electrons. The first-order chi connectivity index (χ1) is 9.97. The molecule has 6 nitrogen and oxygen atoms in total. The van der Waals surface area contributed by atoms with Crippen LogP contribution in [-0.4, -0.2) is 48.2 Å². The maximum absolute atomic E-state index is 12.1. The third-order valence-electron chi connectivity index (χ3n) is 3.80. The number of amides is 2. The molecule has 1 fully saturated rings. The van der Waals surface area contributed by atoms with E-state index in [2.05, 4.69) is 22.6 Å². The van der Waals surface area contributed by atoms with Gasteiger partial charge in [-0.3, -0.25) is 0 Å². The van der Waals surface area contributed by atoms with Gasteiger partial charge in [0.25, 0.3) is 0 Å². The van der Waals surface area contributed by atoms with E-state index in [9.17, 15) is 14.7 Å². The van der Waals surface area contributed by atoms with Crippen LogP contribution in [0.15, 0.2) is 18.2 Å². The third-order valence-corrected chi connectivity index (χ3v) is 3.80. The second kappa shape index (κ2) is 6.58. The molecule has 1 aromatic carbocycles. The SMILES string of the molecule is Cc1cccc(C(=O)O)c1NC(=O)NC1CCN(C)CC1. The Morgan fingerprint density at radius 3 is 2.57 bits per heavy atom. The Morgan fingerprint density at radius 1 is 1.29 bits per heavy atom. The predicted octanol–water partition coefficient (Wildman–Crippen LogP) is 1.91. The Morgan fingerprint density at radius 2 is 1.95 bits per heavy atom. The van der Waals surface area contributed by atoms with Gasteiger partial charge in [-0.2, -0.15) is 0 Å². The molecule has 1 aliphatic heterocycles. The predicted molar refractivity (Wildman–Crippen MR) is 80.8 cm³/mol. The summed E-state index contributed by atoms with van der Waals surface area (Å²) in [5.74, 6) is -1.05. The number of nitrogens with zero attached hydrogens (tertiary/aromatic N) is 1. The van der Waals surface area contributed by atoms with E-state index in [4.69, 9.17) is 0 Å². The Labute approximate surface area is 124 Å². The molecule has 0 aliphatic carbocycles. The van der Waals surface area contributed by atoms with Gasteiger partial charge in [-0.1, -0.05) is 12.1 Å². The van der Waals surface area contributed by atoms with E-state index in [1.54, 1.807) is 19.1 Å². The van der Waals surface area contributed by atoms with E-state index in [0.717, 1.165) is 31.5 Å². The number of carbonyl (C=O) groups excluding carboxylic acids is 1. The molecule has 2 amide bonds. The van der Waals surface area contributed by atoms with Crippen LogP contribution in [0, 0.1) is 6.92 Å². The Balaban J connectivity index is 2.01. The number of para-hydroxylation sites is 1. The second-order valence-corrected chi connectivity index (χ2v) is 5.48. The molecule has 1 saturated heterocycles. The van der Waals surface area contributed by atoms with Crippen LogP contribution in [0.4, 0.5) is 10.5 Å². The van der Waals surface area contributed by atoms with Crippen LogP contribution in [0.5, 0.6) is 0 Å². The maximum Gasteiger partial charge on any atom is 0.337 e. The summed E-state index contributed by atoms with van der Waals surface area (Å²) in [5, 5.41) is 14.8. The number of urea groups is 1. The van der Waals surface area contributed by atoms with Crippen molar-refractivity contribution in [3.05, 3.63) is 29.3 Å². The molecule has 0 saturated carbocycles. The Kier molecular flexibility index (Phi) is 4.80. The summed E-state index contributed by atoms with van der Waals surface area (Å²) >= 11 is 0. The fourth-order valence-corrected chi connectivity index (χ4v) is 2.50. The molecule has 0 bridgehead atoms. The number of anilines is 1. The monoisotopic (exact) mass is 291 g/mol. The van der Waals surface area contributed by atoms with Gasteiger partial charge in [0.05, 0.1) is 11.3 Å². The number of hydrogen-bond donors (Lipinski definition) is 3. The van der Waals surface area contributed by atoms with Crippen molar-refractivity contribution in [1.82, 2.24) is 10.2 Å². The lowest BCUT2D eigenvalue weighted by Gasteiger charge is -2.29. The quantitative estimate of drug-likeness (QED) is 0.794. The van der Waals surface area contributed by atoms with Crippen LogP contribution in [0.25, 0.3) is 0 Å². The van der Waals surface area contributed by atoms with E-state index in [1.165, 1.54) is 6.07 Å². The molecule has 2 rings (SSSR count). The zero-order valence-corrected chi connectivity index (χ0v) is 12.3. The Hall–Kier alpha value is -2.08. The summed E-state index contributed by atoms with van der Waals surface area (Å²) in [6.07, 6.45) is 1.81. The van der Waals surface area contributed by atoms with Gasteiger partial charge >= 0.3 is 12.0 Å². The smallest absolute Gasteiger partial charge is 0.337 e. The molecule has 0 spiro atoms. The van der Waals surface area contributed by atoms with Crippen molar-refractivity contribution in [1.29, 1.82) is 0 Å². The summed E-state index contributed by atoms with van der Waals surface area (Å²) in [6.45, 7) is 3.68. The summed E-state index contributed by atoms with van der Waals surface area (Å²) in [6, 6.07) is 4.72. The number of aromatic carboxylic acids is 1. The summed E-state index contributed by atoms with van der Waals surface area (Å²) in [4.78, 5) is 25.5. The standard InChI is InChI=1S/C15H21N3O3/c1-10-4-3-5-12(14(19)20)13(10)17-15(21)16-11-6-8-18(2)9-7-11/h3-5,11H,6-9H2,1-2H3,(H,19,20)(H2,16,17,21). The lowest BCUT2D eigenvalue weighted by molar-refractivity contribution is 0.0698. The highest BCUT2D eigenvalue weighted by atomic mass is 16.4. The molecule has 114 valence electrons. The van der Waals surface area contributed by atoms with Gasteiger partial charge in [-0.15, -0.1) is 0 Å². The Bertz CT molecular complexity index is 537. The molecule has 1 aromatic rings. The van der Waals surface area contributed by atoms with E-state index in [1.807, 2.05) is 0 Å². The molecule has 6 heteroatoms. The summed E-state index contributed by atoms with van der Waals surface area (Å²) in [5.41, 5.74) is 1.19. The third kappa shape index (κ3) is 3.95. The number of aryl methyl sites for hydroxylation is 1. The number of hydrogen-bond acceptors (Lipinski definition) is 3. The number of likely N-dealkylation sites (tertiary alicyclic amines) is 1. The van der Waals surface area contributed by atoms with Gasteiger partial charge in [0.2, 0.25) is 0 Å². The van der Waals surface area contributed by atoms with Gasteiger partial charge in [-0.25, -0.2) is 9.59 Å². The van der Waals surface area contributed by atoms with Crippen molar-refractivity contribution < 1.29 is 14.7 Å². The first-order valence-corrected chi connectivity index (χ1v) is 7.06. The average molecular weight is 291 g/mol. The number of carboxylic acids is 1. The molecule has 0 unspecified atom stereocenters. The molecule has 3 N–H and O–H groups in total. The van der Waals surface area contributed by atoms with Crippen LogP contribution in [-0.2, 0) is 0 Å². The number of benzene rings is 1. The van der Waals surface area contributed by atoms with Crippen LogP contribution >= 0.6 is 0 Å². The second-order valence-electron chi connectivity index (χ2n) is 5.48. The molecule has 0 aromatic heterocycles. The van der Waals surface area contributed by atoms with E-state index in [-0.39, 0.29) is 17.6 Å². The van der Waals surface area contributed by atoms with Crippen LogP contribution in [0.1, 0.15) is 28.8 Å². The highest BCUT2D eigenvalue weighted by Gasteiger charge is 2.20. The maximum atomic E-state index is 12.1. The molecule has 1 aliphatic rings. The number of rotatable bonds is 3. The minimum Gasteiger partial charge on any atom is -0.478 e. The van der Waals surface area contributed by atoms with E-state index >= 15 is 0 Å². The molecule has 1 heterocycles. The van der Waals surface area contributed by atoms with Crippen LogP contribution in [0.2, 0.25) is 0 Å². The van der Waals surface area contributed by atoms with Gasteiger partial charge in [0, 0.05) is 6.04 Å². The molecular weight excluding hydrogens is 270 g/mol. The van der Waals surface area contributed by atoms with Crippen molar-refractivity contribution in [3.8, 4) is 0 Å². The number of nitrogens with one attached hydrogen (secondary N) is 2. The van der Waals surface area contributed by atoms with Crippen LogP contribution < -0.4 is 10.6 Å². The average Bonchev–Trinajstić information content (AvgIpc) is 2.43. The van der Waals surface area contributed by atoms with Crippen molar-refractivity contribution >= 4 is 17.7 Å². The largest absolute Gasteiger partial charge is 0.478 e. The summed E-state index contributed by atoms with van der Waals surface area (Å²) < 4.78 is 0. The van der Waals surface area contributed by atoms with E-state index < -0.39 is 5.97 Å². The van der Waals surface area contributed by atoms with E-state index in [0.29, 0.717) is 5.69 Å². The number of carboxylic acid groups (broad SMARTS) is 1. The molecule has 0 atom stereocenters. The normalized spacial score (nSPS) is 16.5. The topological polar surface area (TPSA) is 81.7 Å². The lowest BCUT2D eigenvalue weighted by Crippen LogP contribution is -2.45. The van der Waals surface area contributed by atoms with Gasteiger partial charge < -0.3 is 20.6 Å². The highest BCUT2D eigenvalue weighted by Crippen LogP contribution is 2.20. The first kappa shape index (κ1) is 15.3. The van der Waals surface area contributed by atoms with Crippen molar-refractivity contribution in [2.45, 2.75) is 25.8 Å². The molecular formula is C15H21N3O3. The summed E-state index contributed by atoms with van der Waals surface area (Å²) in [7, 11) is 2.06. The van der Waals surface area contributed by atoms with Crippen molar-refractivity contribution in [2.24, 2.45) is 0 Å².